The van der Waals surface area contributed by atoms with Gasteiger partial charge in [-0.05, 0) is 24.1 Å². The van der Waals surface area contributed by atoms with Crippen LogP contribution in [-0.2, 0) is 16.1 Å². The van der Waals surface area contributed by atoms with Gasteiger partial charge in [0.25, 0.3) is 11.8 Å². The molecule has 2 saturated heterocycles. The third kappa shape index (κ3) is 3.14. The Labute approximate surface area is 155 Å². The number of carbonyl (C=O) groups excluding carboxylic acids is 4. The molecule has 3 aliphatic rings. The average molecular weight is 372 g/mol. The summed E-state index contributed by atoms with van der Waals surface area (Å²) in [6.45, 7) is 1.94. The van der Waals surface area contributed by atoms with E-state index in [-0.39, 0.29) is 24.0 Å². The summed E-state index contributed by atoms with van der Waals surface area (Å²) in [5.74, 6) is -2.05. The normalized spacial score (nSPS) is 23.9. The number of benzene rings is 1. The van der Waals surface area contributed by atoms with Crippen molar-refractivity contribution in [2.45, 2.75) is 31.0 Å². The lowest BCUT2D eigenvalue weighted by Gasteiger charge is -2.37. The molecule has 9 heteroatoms. The van der Waals surface area contributed by atoms with E-state index < -0.39 is 35.3 Å². The van der Waals surface area contributed by atoms with Crippen LogP contribution in [0.2, 0.25) is 0 Å². The largest absolute Gasteiger partial charge is 0.386 e. The molecule has 3 aliphatic heterocycles. The van der Waals surface area contributed by atoms with Gasteiger partial charge in [0.1, 0.15) is 11.6 Å². The van der Waals surface area contributed by atoms with Gasteiger partial charge in [-0.25, -0.2) is 0 Å². The van der Waals surface area contributed by atoms with Crippen LogP contribution in [0.1, 0.15) is 39.1 Å². The van der Waals surface area contributed by atoms with Crippen LogP contribution in [0.5, 0.6) is 0 Å². The second kappa shape index (κ2) is 6.52. The first-order valence-electron chi connectivity index (χ1n) is 8.86. The number of fused-ring (bicyclic) bond motifs is 1. The first kappa shape index (κ1) is 17.8. The zero-order chi connectivity index (χ0) is 19.2. The van der Waals surface area contributed by atoms with E-state index in [9.17, 15) is 24.3 Å². The molecule has 3 heterocycles. The van der Waals surface area contributed by atoms with E-state index in [0.29, 0.717) is 26.2 Å². The van der Waals surface area contributed by atoms with Gasteiger partial charge < -0.3 is 15.7 Å². The zero-order valence-electron chi connectivity index (χ0n) is 14.6. The number of nitrogens with one attached hydrogen (secondary N) is 3. The monoisotopic (exact) mass is 372 g/mol. The van der Waals surface area contributed by atoms with Gasteiger partial charge in [0.15, 0.2) is 0 Å². The number of aliphatic hydroxyl groups is 1. The van der Waals surface area contributed by atoms with Crippen molar-refractivity contribution in [3.63, 3.8) is 0 Å². The molecule has 9 nitrogen and oxygen atoms in total. The molecule has 4 rings (SSSR count). The molecular weight excluding hydrogens is 352 g/mol. The Kier molecular flexibility index (Phi) is 4.29. The van der Waals surface area contributed by atoms with E-state index >= 15 is 0 Å². The summed E-state index contributed by atoms with van der Waals surface area (Å²) in [7, 11) is 0. The number of piperidine rings is 1. The second-order valence-electron chi connectivity index (χ2n) is 7.26. The van der Waals surface area contributed by atoms with Gasteiger partial charge in [-0.15, -0.1) is 0 Å². The molecule has 27 heavy (non-hydrogen) atoms. The van der Waals surface area contributed by atoms with Crippen LogP contribution in [0, 0.1) is 0 Å². The number of β-amino-alcohol motifs (C(OH)–C–C–N with tert-alkyl or cyclic N) is 1. The Morgan fingerprint density at radius 1 is 1.15 bits per heavy atom. The van der Waals surface area contributed by atoms with E-state index in [4.69, 9.17) is 0 Å². The number of nitrogens with zero attached hydrogens (tertiary/aromatic N) is 1. The van der Waals surface area contributed by atoms with E-state index in [1.807, 2.05) is 0 Å². The Hall–Kier alpha value is -2.62. The summed E-state index contributed by atoms with van der Waals surface area (Å²) in [6.07, 6.45) is 0.230. The van der Waals surface area contributed by atoms with E-state index in [1.54, 1.807) is 18.2 Å². The molecule has 0 bridgehead atoms. The first-order chi connectivity index (χ1) is 12.9. The number of carbonyl (C=O) groups is 4. The minimum absolute atomic E-state index is 0.0940. The quantitative estimate of drug-likeness (QED) is 0.464. The smallest absolute Gasteiger partial charge is 0.262 e. The fourth-order valence-corrected chi connectivity index (χ4v) is 3.61. The minimum Gasteiger partial charge on any atom is -0.386 e. The Bertz CT molecular complexity index is 848. The third-order valence-corrected chi connectivity index (χ3v) is 5.20. The zero-order valence-corrected chi connectivity index (χ0v) is 14.6. The number of rotatable bonds is 5. The molecule has 1 atom stereocenters. The van der Waals surface area contributed by atoms with Crippen molar-refractivity contribution >= 4 is 23.6 Å². The van der Waals surface area contributed by atoms with Gasteiger partial charge in [-0.3, -0.25) is 29.4 Å². The highest BCUT2D eigenvalue weighted by Gasteiger charge is 2.44. The maximum Gasteiger partial charge on any atom is 0.262 e. The highest BCUT2D eigenvalue weighted by atomic mass is 16.3. The number of hydrogen-bond acceptors (Lipinski definition) is 7. The Balaban J connectivity index is 1.48. The van der Waals surface area contributed by atoms with E-state index in [0.717, 1.165) is 10.5 Å². The molecule has 1 aromatic rings. The van der Waals surface area contributed by atoms with Gasteiger partial charge in [0.05, 0.1) is 11.1 Å². The lowest BCUT2D eigenvalue weighted by molar-refractivity contribution is -0.136. The van der Waals surface area contributed by atoms with Crippen molar-refractivity contribution in [3.8, 4) is 0 Å². The molecule has 4 N–H and O–H groups in total. The summed E-state index contributed by atoms with van der Waals surface area (Å²) in [5.41, 5.74) is 0.574. The topological polar surface area (TPSA) is 128 Å². The van der Waals surface area contributed by atoms with Crippen LogP contribution in [0.4, 0.5) is 0 Å². The van der Waals surface area contributed by atoms with Crippen molar-refractivity contribution in [1.82, 2.24) is 20.9 Å². The van der Waals surface area contributed by atoms with Crippen molar-refractivity contribution in [1.29, 1.82) is 0 Å². The second-order valence-corrected chi connectivity index (χ2v) is 7.26. The molecule has 2 fully saturated rings. The van der Waals surface area contributed by atoms with Crippen molar-refractivity contribution < 1.29 is 24.3 Å². The molecule has 142 valence electrons. The van der Waals surface area contributed by atoms with E-state index in [2.05, 4.69) is 16.0 Å². The molecule has 1 aromatic carbocycles. The minimum atomic E-state index is -0.961. The number of amides is 4. The predicted molar refractivity (Wildman–Crippen MR) is 92.6 cm³/mol. The fourth-order valence-electron chi connectivity index (χ4n) is 3.61. The van der Waals surface area contributed by atoms with Gasteiger partial charge >= 0.3 is 0 Å². The Morgan fingerprint density at radius 3 is 2.56 bits per heavy atom. The SMILES string of the molecule is O=C1CCC(N2C(=O)c3ccc(CNCC4(O)CNC4)cc3C2=O)C(=O)N1. The van der Waals surface area contributed by atoms with Crippen molar-refractivity contribution in [2.75, 3.05) is 19.6 Å². The first-order valence-corrected chi connectivity index (χ1v) is 8.86. The van der Waals surface area contributed by atoms with Crippen molar-refractivity contribution in [3.05, 3.63) is 34.9 Å². The van der Waals surface area contributed by atoms with Gasteiger partial charge in [-0.1, -0.05) is 6.07 Å². The van der Waals surface area contributed by atoms with Gasteiger partial charge in [0, 0.05) is 32.6 Å². The molecule has 0 aromatic heterocycles. The van der Waals surface area contributed by atoms with Crippen LogP contribution in [0.3, 0.4) is 0 Å². The maximum atomic E-state index is 12.7. The van der Waals surface area contributed by atoms with Crippen LogP contribution in [0.25, 0.3) is 0 Å². The highest BCUT2D eigenvalue weighted by Crippen LogP contribution is 2.28. The standard InChI is InChI=1S/C18H20N4O5/c23-14-4-3-13(15(24)21-14)22-16(25)11-2-1-10(5-12(11)17(22)26)6-19-7-18(27)8-20-9-18/h1-2,5,13,19-20,27H,3-4,6-9H2,(H,21,23,24). The van der Waals surface area contributed by atoms with Crippen LogP contribution >= 0.6 is 0 Å². The molecule has 0 saturated carbocycles. The average Bonchev–Trinajstić information content (AvgIpc) is 2.85. The summed E-state index contributed by atoms with van der Waals surface area (Å²) < 4.78 is 0. The highest BCUT2D eigenvalue weighted by molar-refractivity contribution is 6.23. The van der Waals surface area contributed by atoms with Crippen LogP contribution in [-0.4, -0.2) is 64.9 Å². The third-order valence-electron chi connectivity index (χ3n) is 5.20. The summed E-state index contributed by atoms with van der Waals surface area (Å²) in [5, 5.41) is 18.4. The lowest BCUT2D eigenvalue weighted by atomic mass is 9.97. The molecule has 0 aliphatic carbocycles. The summed E-state index contributed by atoms with van der Waals surface area (Å²) in [6, 6.07) is 4.00. The predicted octanol–water partition coefficient (Wildman–Crippen LogP) is -1.49. The molecule has 0 spiro atoms. The van der Waals surface area contributed by atoms with E-state index in [1.165, 1.54) is 0 Å². The maximum absolute atomic E-state index is 12.7. The number of imide groups is 2. The van der Waals surface area contributed by atoms with Crippen LogP contribution in [0.15, 0.2) is 18.2 Å². The summed E-state index contributed by atoms with van der Waals surface area (Å²) >= 11 is 0. The van der Waals surface area contributed by atoms with Crippen molar-refractivity contribution in [2.24, 2.45) is 0 Å². The molecular formula is C18H20N4O5. The number of hydrogen-bond donors (Lipinski definition) is 4. The molecule has 1 unspecified atom stereocenters. The molecule has 0 radical (unpaired) electrons. The summed E-state index contributed by atoms with van der Waals surface area (Å²) in [4.78, 5) is 49.7. The Morgan fingerprint density at radius 2 is 1.89 bits per heavy atom. The molecule has 4 amide bonds. The van der Waals surface area contributed by atoms with Gasteiger partial charge in [0.2, 0.25) is 11.8 Å². The van der Waals surface area contributed by atoms with Gasteiger partial charge in [-0.2, -0.15) is 0 Å². The van der Waals surface area contributed by atoms with Crippen LogP contribution < -0.4 is 16.0 Å². The fraction of sp³-hybridized carbons (Fsp3) is 0.444. The lowest BCUT2D eigenvalue weighted by Crippen LogP contribution is -2.64.